The maximum atomic E-state index is 12.8. The molecule has 0 bridgehead atoms. The quantitative estimate of drug-likeness (QED) is 0.827. The summed E-state index contributed by atoms with van der Waals surface area (Å²) >= 11 is 0. The summed E-state index contributed by atoms with van der Waals surface area (Å²) in [6, 6.07) is 18.7. The summed E-state index contributed by atoms with van der Waals surface area (Å²) in [5.41, 5.74) is 1.60. The summed E-state index contributed by atoms with van der Waals surface area (Å²) in [5.74, 6) is -1.20. The Balaban J connectivity index is 2.28. The van der Waals surface area contributed by atoms with Gasteiger partial charge in [0, 0.05) is 18.8 Å². The number of aliphatic hydroxyl groups is 1. The number of carbonyl (C=O) groups excluding carboxylic acids is 2. The Morgan fingerprint density at radius 2 is 1.50 bits per heavy atom. The van der Waals surface area contributed by atoms with Gasteiger partial charge in [-0.1, -0.05) is 48.5 Å². The van der Waals surface area contributed by atoms with Crippen LogP contribution >= 0.6 is 0 Å². The van der Waals surface area contributed by atoms with Crippen molar-refractivity contribution in [1.29, 1.82) is 0 Å². The molecule has 5 nitrogen and oxygen atoms in total. The van der Waals surface area contributed by atoms with Crippen molar-refractivity contribution in [3.05, 3.63) is 66.2 Å². The first-order valence-corrected chi connectivity index (χ1v) is 7.98. The molecule has 0 fully saturated rings. The fourth-order valence-electron chi connectivity index (χ4n) is 2.43. The molecular formula is C19H22N2O3. The van der Waals surface area contributed by atoms with E-state index >= 15 is 0 Å². The number of rotatable bonds is 6. The molecule has 2 aromatic carbocycles. The first-order chi connectivity index (χ1) is 11.7. The molecule has 0 aliphatic rings. The summed E-state index contributed by atoms with van der Waals surface area (Å²) < 4.78 is 0. The minimum absolute atomic E-state index is 0.148. The zero-order valence-electron chi connectivity index (χ0n) is 13.8. The van der Waals surface area contributed by atoms with Crippen molar-refractivity contribution in [2.75, 3.05) is 24.6 Å². The van der Waals surface area contributed by atoms with Crippen LogP contribution in [0.2, 0.25) is 0 Å². The molecule has 0 heterocycles. The molecule has 0 spiro atoms. The number of anilines is 1. The Morgan fingerprint density at radius 1 is 0.917 bits per heavy atom. The number of para-hydroxylation sites is 1. The predicted octanol–water partition coefficient (Wildman–Crippen LogP) is 2.06. The Kier molecular flexibility index (Phi) is 6.51. The van der Waals surface area contributed by atoms with E-state index in [1.807, 2.05) is 48.5 Å². The number of hydrogen-bond donors (Lipinski definition) is 1. The second-order valence-corrected chi connectivity index (χ2v) is 5.32. The summed E-state index contributed by atoms with van der Waals surface area (Å²) in [5, 5.41) is 9.07. The lowest BCUT2D eigenvalue weighted by molar-refractivity contribution is -0.144. The Labute approximate surface area is 142 Å². The molecule has 0 radical (unpaired) electrons. The van der Waals surface area contributed by atoms with Gasteiger partial charge in [0.1, 0.15) is 0 Å². The van der Waals surface area contributed by atoms with Gasteiger partial charge in [0.15, 0.2) is 0 Å². The molecule has 0 saturated carbocycles. The van der Waals surface area contributed by atoms with Gasteiger partial charge >= 0.3 is 11.8 Å². The van der Waals surface area contributed by atoms with Gasteiger partial charge in [0.05, 0.1) is 13.2 Å². The highest BCUT2D eigenvalue weighted by Crippen LogP contribution is 2.18. The van der Waals surface area contributed by atoms with Gasteiger partial charge in [-0.05, 0) is 24.6 Å². The van der Waals surface area contributed by atoms with Gasteiger partial charge in [-0.3, -0.25) is 14.5 Å². The predicted molar refractivity (Wildman–Crippen MR) is 93.4 cm³/mol. The molecule has 0 unspecified atom stereocenters. The van der Waals surface area contributed by atoms with Crippen LogP contribution in [0.5, 0.6) is 0 Å². The number of benzene rings is 2. The van der Waals surface area contributed by atoms with Crippen molar-refractivity contribution in [2.24, 2.45) is 0 Å². The Morgan fingerprint density at radius 3 is 2.04 bits per heavy atom. The Hall–Kier alpha value is -2.66. The molecule has 24 heavy (non-hydrogen) atoms. The topological polar surface area (TPSA) is 60.9 Å². The van der Waals surface area contributed by atoms with Gasteiger partial charge in [-0.15, -0.1) is 0 Å². The van der Waals surface area contributed by atoms with Crippen LogP contribution in [0.15, 0.2) is 60.7 Å². The lowest BCUT2D eigenvalue weighted by atomic mass is 10.2. The zero-order valence-corrected chi connectivity index (χ0v) is 13.8. The second-order valence-electron chi connectivity index (χ2n) is 5.32. The van der Waals surface area contributed by atoms with E-state index in [0.717, 1.165) is 5.56 Å². The van der Waals surface area contributed by atoms with Crippen LogP contribution in [0.3, 0.4) is 0 Å². The summed E-state index contributed by atoms with van der Waals surface area (Å²) in [6.07, 6.45) is 0. The van der Waals surface area contributed by atoms with E-state index in [1.54, 1.807) is 19.1 Å². The van der Waals surface area contributed by atoms with Crippen LogP contribution in [-0.4, -0.2) is 41.5 Å². The van der Waals surface area contributed by atoms with Crippen LogP contribution in [0.25, 0.3) is 0 Å². The molecule has 2 aromatic rings. The minimum Gasteiger partial charge on any atom is -0.395 e. The Bertz CT molecular complexity index is 659. The molecule has 0 saturated heterocycles. The standard InChI is InChI=1S/C19H22N2O3/c1-2-20(13-14-22)18(23)19(24)21(17-11-7-4-8-12-17)15-16-9-5-3-6-10-16/h3-12,22H,2,13-15H2,1H3. The summed E-state index contributed by atoms with van der Waals surface area (Å²) in [6.45, 7) is 2.45. The lowest BCUT2D eigenvalue weighted by Crippen LogP contribution is -2.46. The number of nitrogens with zero attached hydrogens (tertiary/aromatic N) is 2. The van der Waals surface area contributed by atoms with E-state index in [9.17, 15) is 9.59 Å². The number of hydrogen-bond acceptors (Lipinski definition) is 3. The molecule has 0 aromatic heterocycles. The fourth-order valence-corrected chi connectivity index (χ4v) is 2.43. The van der Waals surface area contributed by atoms with Crippen LogP contribution in [0.4, 0.5) is 5.69 Å². The largest absolute Gasteiger partial charge is 0.395 e. The lowest BCUT2D eigenvalue weighted by Gasteiger charge is -2.26. The van der Waals surface area contributed by atoms with Crippen molar-refractivity contribution in [1.82, 2.24) is 4.90 Å². The molecule has 0 aliphatic heterocycles. The van der Waals surface area contributed by atoms with Crippen molar-refractivity contribution in [2.45, 2.75) is 13.5 Å². The van der Waals surface area contributed by atoms with E-state index in [-0.39, 0.29) is 13.2 Å². The van der Waals surface area contributed by atoms with Gasteiger partial charge < -0.3 is 10.0 Å². The minimum atomic E-state index is -0.605. The van der Waals surface area contributed by atoms with E-state index < -0.39 is 11.8 Å². The van der Waals surface area contributed by atoms with E-state index in [0.29, 0.717) is 18.8 Å². The highest BCUT2D eigenvalue weighted by Gasteiger charge is 2.27. The highest BCUT2D eigenvalue weighted by molar-refractivity contribution is 6.40. The first kappa shape index (κ1) is 17.7. The molecule has 0 aliphatic carbocycles. The third-order valence-electron chi connectivity index (χ3n) is 3.72. The maximum absolute atomic E-state index is 12.8. The molecular weight excluding hydrogens is 304 g/mol. The number of likely N-dealkylation sites (N-methyl/N-ethyl adjacent to an activating group) is 1. The SMILES string of the molecule is CCN(CCO)C(=O)C(=O)N(Cc1ccccc1)c1ccccc1. The van der Waals surface area contributed by atoms with E-state index in [2.05, 4.69) is 0 Å². The van der Waals surface area contributed by atoms with Gasteiger partial charge in [-0.2, -0.15) is 0 Å². The highest BCUT2D eigenvalue weighted by atomic mass is 16.3. The first-order valence-electron chi connectivity index (χ1n) is 7.98. The molecule has 126 valence electrons. The number of amides is 2. The summed E-state index contributed by atoms with van der Waals surface area (Å²) in [4.78, 5) is 28.1. The molecule has 1 N–H and O–H groups in total. The summed E-state index contributed by atoms with van der Waals surface area (Å²) in [7, 11) is 0. The molecule has 5 heteroatoms. The maximum Gasteiger partial charge on any atom is 0.316 e. The van der Waals surface area contributed by atoms with E-state index in [4.69, 9.17) is 5.11 Å². The normalized spacial score (nSPS) is 10.2. The van der Waals surface area contributed by atoms with E-state index in [1.165, 1.54) is 9.80 Å². The average molecular weight is 326 g/mol. The van der Waals surface area contributed by atoms with Gasteiger partial charge in [0.2, 0.25) is 0 Å². The fraction of sp³-hybridized carbons (Fsp3) is 0.263. The van der Waals surface area contributed by atoms with Crippen molar-refractivity contribution < 1.29 is 14.7 Å². The number of aliphatic hydroxyl groups excluding tert-OH is 1. The average Bonchev–Trinajstić information content (AvgIpc) is 2.64. The monoisotopic (exact) mass is 326 g/mol. The van der Waals surface area contributed by atoms with Crippen LogP contribution in [0, 0.1) is 0 Å². The van der Waals surface area contributed by atoms with Crippen LogP contribution < -0.4 is 4.90 Å². The molecule has 2 rings (SSSR count). The van der Waals surface area contributed by atoms with Crippen molar-refractivity contribution in [3.63, 3.8) is 0 Å². The number of carbonyl (C=O) groups is 2. The van der Waals surface area contributed by atoms with Gasteiger partial charge in [0.25, 0.3) is 0 Å². The van der Waals surface area contributed by atoms with Crippen LogP contribution in [-0.2, 0) is 16.1 Å². The zero-order chi connectivity index (χ0) is 17.4. The molecule has 2 amide bonds. The smallest absolute Gasteiger partial charge is 0.316 e. The third kappa shape index (κ3) is 4.43. The second kappa shape index (κ2) is 8.84. The van der Waals surface area contributed by atoms with Crippen LogP contribution in [0.1, 0.15) is 12.5 Å². The van der Waals surface area contributed by atoms with Crippen molar-refractivity contribution >= 4 is 17.5 Å². The third-order valence-corrected chi connectivity index (χ3v) is 3.72. The molecule has 0 atom stereocenters. The van der Waals surface area contributed by atoms with Gasteiger partial charge in [-0.25, -0.2) is 0 Å². The van der Waals surface area contributed by atoms with Crippen molar-refractivity contribution in [3.8, 4) is 0 Å².